The molecule has 5 nitrogen and oxygen atoms in total. The lowest BCUT2D eigenvalue weighted by atomic mass is 10.1. The maximum absolute atomic E-state index is 12.7. The van der Waals surface area contributed by atoms with Crippen molar-refractivity contribution in [2.45, 2.75) is 13.8 Å². The molecule has 3 aromatic rings. The molecule has 0 spiro atoms. The maximum Gasteiger partial charge on any atom is 0.255 e. The van der Waals surface area contributed by atoms with Crippen molar-refractivity contribution in [3.8, 4) is 5.75 Å². The van der Waals surface area contributed by atoms with E-state index in [0.29, 0.717) is 33.3 Å². The van der Waals surface area contributed by atoms with Crippen molar-refractivity contribution in [1.29, 1.82) is 0 Å². The third-order valence-corrected chi connectivity index (χ3v) is 4.62. The second kappa shape index (κ2) is 8.80. The number of carbonyl (C=O) groups excluding carboxylic acids is 2. The van der Waals surface area contributed by atoms with Crippen LogP contribution in [0.5, 0.6) is 5.75 Å². The Morgan fingerprint density at radius 1 is 0.828 bits per heavy atom. The predicted octanol–water partition coefficient (Wildman–Crippen LogP) is 5.47. The second-order valence-electron chi connectivity index (χ2n) is 6.71. The summed E-state index contributed by atoms with van der Waals surface area (Å²) in [6, 6.07) is 17.3. The standard InChI is InChI=1S/C23H21ClN2O3/c1-14-9-15(2)11-18(10-14)25-22(27)17-7-8-20(24)21(13-17)26-23(28)16-5-4-6-19(12-16)29-3/h4-13H,1-3H3,(H,25,27)(H,26,28). The summed E-state index contributed by atoms with van der Waals surface area (Å²) < 4.78 is 5.14. The predicted molar refractivity (Wildman–Crippen MR) is 116 cm³/mol. The van der Waals surface area contributed by atoms with Crippen LogP contribution in [0.3, 0.4) is 0 Å². The van der Waals surface area contributed by atoms with E-state index in [4.69, 9.17) is 16.3 Å². The summed E-state index contributed by atoms with van der Waals surface area (Å²) in [5.41, 5.74) is 3.99. The Morgan fingerprint density at radius 3 is 2.17 bits per heavy atom. The fourth-order valence-electron chi connectivity index (χ4n) is 2.97. The van der Waals surface area contributed by atoms with Crippen molar-refractivity contribution in [2.75, 3.05) is 17.7 Å². The zero-order valence-electron chi connectivity index (χ0n) is 16.4. The van der Waals surface area contributed by atoms with E-state index >= 15 is 0 Å². The average molecular weight is 409 g/mol. The lowest BCUT2D eigenvalue weighted by Crippen LogP contribution is -2.15. The van der Waals surface area contributed by atoms with Gasteiger partial charge in [0.25, 0.3) is 11.8 Å². The monoisotopic (exact) mass is 408 g/mol. The van der Waals surface area contributed by atoms with Crippen LogP contribution in [-0.2, 0) is 0 Å². The fraction of sp³-hybridized carbons (Fsp3) is 0.130. The minimum Gasteiger partial charge on any atom is -0.497 e. The van der Waals surface area contributed by atoms with E-state index < -0.39 is 0 Å². The van der Waals surface area contributed by atoms with Gasteiger partial charge in [0.1, 0.15) is 5.75 Å². The minimum atomic E-state index is -0.349. The first-order valence-corrected chi connectivity index (χ1v) is 9.38. The highest BCUT2D eigenvalue weighted by atomic mass is 35.5. The van der Waals surface area contributed by atoms with Gasteiger partial charge in [-0.05, 0) is 73.5 Å². The molecule has 2 N–H and O–H groups in total. The summed E-state index contributed by atoms with van der Waals surface area (Å²) in [7, 11) is 1.53. The molecule has 0 heterocycles. The number of anilines is 2. The van der Waals surface area contributed by atoms with E-state index in [0.717, 1.165) is 11.1 Å². The van der Waals surface area contributed by atoms with Crippen molar-refractivity contribution in [2.24, 2.45) is 0 Å². The average Bonchev–Trinajstić information content (AvgIpc) is 2.68. The van der Waals surface area contributed by atoms with Crippen LogP contribution >= 0.6 is 11.6 Å². The zero-order chi connectivity index (χ0) is 21.0. The van der Waals surface area contributed by atoms with Crippen LogP contribution in [0.15, 0.2) is 60.7 Å². The van der Waals surface area contributed by atoms with Gasteiger partial charge in [-0.1, -0.05) is 23.7 Å². The number of carbonyl (C=O) groups is 2. The van der Waals surface area contributed by atoms with E-state index in [1.165, 1.54) is 7.11 Å². The van der Waals surface area contributed by atoms with Crippen LogP contribution in [0.25, 0.3) is 0 Å². The fourth-order valence-corrected chi connectivity index (χ4v) is 3.14. The molecule has 148 valence electrons. The summed E-state index contributed by atoms with van der Waals surface area (Å²) in [5.74, 6) is -0.0634. The molecule has 6 heteroatoms. The van der Waals surface area contributed by atoms with Crippen LogP contribution in [0.1, 0.15) is 31.8 Å². The Hall–Kier alpha value is -3.31. The molecule has 0 radical (unpaired) electrons. The van der Waals surface area contributed by atoms with Crippen LogP contribution in [0.4, 0.5) is 11.4 Å². The summed E-state index contributed by atoms with van der Waals surface area (Å²) in [4.78, 5) is 25.2. The highest BCUT2D eigenvalue weighted by Gasteiger charge is 2.13. The molecule has 0 aromatic heterocycles. The SMILES string of the molecule is COc1cccc(C(=O)Nc2cc(C(=O)Nc3cc(C)cc(C)c3)ccc2Cl)c1. The van der Waals surface area contributed by atoms with E-state index in [2.05, 4.69) is 10.6 Å². The molecular weight excluding hydrogens is 388 g/mol. The molecule has 0 atom stereocenters. The first-order valence-electron chi connectivity index (χ1n) is 9.00. The molecule has 3 rings (SSSR count). The van der Waals surface area contributed by atoms with Crippen LogP contribution in [0, 0.1) is 13.8 Å². The van der Waals surface area contributed by atoms with Gasteiger partial charge < -0.3 is 15.4 Å². The van der Waals surface area contributed by atoms with Crippen LogP contribution in [0.2, 0.25) is 5.02 Å². The number of rotatable bonds is 5. The third kappa shape index (κ3) is 5.15. The van der Waals surface area contributed by atoms with Gasteiger partial charge in [0.2, 0.25) is 0 Å². The number of nitrogens with one attached hydrogen (secondary N) is 2. The molecule has 0 bridgehead atoms. The number of benzene rings is 3. The first-order chi connectivity index (χ1) is 13.9. The van der Waals surface area contributed by atoms with Gasteiger partial charge >= 0.3 is 0 Å². The van der Waals surface area contributed by atoms with Gasteiger partial charge in [-0.15, -0.1) is 0 Å². The normalized spacial score (nSPS) is 10.3. The number of ether oxygens (including phenoxy) is 1. The largest absolute Gasteiger partial charge is 0.497 e. The molecular formula is C23H21ClN2O3. The molecule has 0 saturated heterocycles. The highest BCUT2D eigenvalue weighted by Crippen LogP contribution is 2.25. The van der Waals surface area contributed by atoms with Crippen LogP contribution < -0.4 is 15.4 Å². The van der Waals surface area contributed by atoms with E-state index in [9.17, 15) is 9.59 Å². The lowest BCUT2D eigenvalue weighted by molar-refractivity contribution is 0.101. The molecule has 0 aliphatic carbocycles. The highest BCUT2D eigenvalue weighted by molar-refractivity contribution is 6.34. The second-order valence-corrected chi connectivity index (χ2v) is 7.12. The van der Waals surface area contributed by atoms with Crippen molar-refractivity contribution in [1.82, 2.24) is 0 Å². The molecule has 3 aromatic carbocycles. The summed E-state index contributed by atoms with van der Waals surface area (Å²) in [6.45, 7) is 3.94. The summed E-state index contributed by atoms with van der Waals surface area (Å²) >= 11 is 6.22. The Kier molecular flexibility index (Phi) is 6.20. The van der Waals surface area contributed by atoms with Gasteiger partial charge in [0.05, 0.1) is 17.8 Å². The Morgan fingerprint density at radius 2 is 1.48 bits per heavy atom. The minimum absolute atomic E-state index is 0.288. The first kappa shape index (κ1) is 20.4. The van der Waals surface area contributed by atoms with Crippen molar-refractivity contribution < 1.29 is 14.3 Å². The molecule has 29 heavy (non-hydrogen) atoms. The summed E-state index contributed by atoms with van der Waals surface area (Å²) in [6.07, 6.45) is 0. The smallest absolute Gasteiger partial charge is 0.255 e. The topological polar surface area (TPSA) is 67.4 Å². The number of amides is 2. The van der Waals surface area contributed by atoms with Gasteiger partial charge in [0, 0.05) is 16.8 Å². The molecule has 0 aliphatic heterocycles. The lowest BCUT2D eigenvalue weighted by Gasteiger charge is -2.11. The van der Waals surface area contributed by atoms with Gasteiger partial charge in [-0.2, -0.15) is 0 Å². The van der Waals surface area contributed by atoms with Gasteiger partial charge in [-0.25, -0.2) is 0 Å². The number of hydrogen-bond donors (Lipinski definition) is 2. The number of hydrogen-bond acceptors (Lipinski definition) is 3. The molecule has 0 saturated carbocycles. The Balaban J connectivity index is 1.80. The molecule has 0 aliphatic rings. The van der Waals surface area contributed by atoms with Gasteiger partial charge in [0.15, 0.2) is 0 Å². The van der Waals surface area contributed by atoms with E-state index in [1.807, 2.05) is 32.0 Å². The number of halogens is 1. The Labute approximate surface area is 174 Å². The molecule has 0 unspecified atom stereocenters. The molecule has 2 amide bonds. The van der Waals surface area contributed by atoms with Crippen molar-refractivity contribution >= 4 is 34.8 Å². The number of methoxy groups -OCH3 is 1. The quantitative estimate of drug-likeness (QED) is 0.588. The third-order valence-electron chi connectivity index (χ3n) is 4.29. The van der Waals surface area contributed by atoms with E-state index in [-0.39, 0.29) is 11.8 Å². The van der Waals surface area contributed by atoms with E-state index in [1.54, 1.807) is 42.5 Å². The Bertz CT molecular complexity index is 1060. The number of aryl methyl sites for hydroxylation is 2. The van der Waals surface area contributed by atoms with Crippen molar-refractivity contribution in [3.05, 3.63) is 87.9 Å². The van der Waals surface area contributed by atoms with Crippen molar-refractivity contribution in [3.63, 3.8) is 0 Å². The summed E-state index contributed by atoms with van der Waals surface area (Å²) in [5, 5.41) is 5.96. The van der Waals surface area contributed by atoms with Crippen LogP contribution in [-0.4, -0.2) is 18.9 Å². The zero-order valence-corrected chi connectivity index (χ0v) is 17.1. The van der Waals surface area contributed by atoms with Gasteiger partial charge in [-0.3, -0.25) is 9.59 Å². The maximum atomic E-state index is 12.7. The molecule has 0 fully saturated rings.